The van der Waals surface area contributed by atoms with E-state index in [1.807, 2.05) is 0 Å². The molecule has 1 aliphatic carbocycles. The molecule has 2 rings (SSSR count). The first-order valence-electron chi connectivity index (χ1n) is 5.05. The molecule has 0 aromatic carbocycles. The molecule has 1 aliphatic rings. The summed E-state index contributed by atoms with van der Waals surface area (Å²) in [5, 5.41) is 12.5. The Morgan fingerprint density at radius 1 is 1.56 bits per heavy atom. The fraction of sp³-hybridized carbons (Fsp3) is 0.500. The van der Waals surface area contributed by atoms with Gasteiger partial charge in [-0.15, -0.1) is 0 Å². The quantitative estimate of drug-likeness (QED) is 0.613. The van der Waals surface area contributed by atoms with Crippen molar-refractivity contribution in [2.45, 2.75) is 24.8 Å². The summed E-state index contributed by atoms with van der Waals surface area (Å²) in [7, 11) is 0. The fourth-order valence-electron chi connectivity index (χ4n) is 1.76. The van der Waals surface area contributed by atoms with E-state index in [4.69, 9.17) is 11.6 Å². The monoisotopic (exact) mass is 241 g/mol. The molecule has 1 saturated carbocycles. The number of anilines is 1. The van der Waals surface area contributed by atoms with Gasteiger partial charge in [-0.25, -0.2) is 9.97 Å². The van der Waals surface area contributed by atoms with Crippen molar-refractivity contribution in [2.75, 3.05) is 11.9 Å². The normalized spacial score (nSPS) is 17.6. The highest BCUT2D eigenvalue weighted by Gasteiger charge is 2.37. The summed E-state index contributed by atoms with van der Waals surface area (Å²) in [5.74, 6) is 0.392. The zero-order chi connectivity index (χ0) is 11.6. The third-order valence-corrected chi connectivity index (χ3v) is 3.25. The first-order chi connectivity index (χ1) is 7.71. The molecule has 1 fully saturated rings. The van der Waals surface area contributed by atoms with Gasteiger partial charge in [-0.2, -0.15) is 0 Å². The number of aliphatic hydroxyl groups excluding tert-OH is 1. The Bertz CT molecular complexity index is 402. The second-order valence-corrected chi connectivity index (χ2v) is 4.32. The van der Waals surface area contributed by atoms with Crippen molar-refractivity contribution >= 4 is 23.7 Å². The maximum Gasteiger partial charge on any atom is 0.156 e. The lowest BCUT2D eigenvalue weighted by molar-refractivity contribution is 0.112. The molecule has 0 unspecified atom stereocenters. The van der Waals surface area contributed by atoms with Gasteiger partial charge in [0.05, 0.1) is 17.7 Å². The largest absolute Gasteiger partial charge is 0.394 e. The molecule has 6 heteroatoms. The van der Waals surface area contributed by atoms with E-state index in [0.717, 1.165) is 19.3 Å². The lowest BCUT2D eigenvalue weighted by Gasteiger charge is -2.41. The molecule has 1 heterocycles. The molecule has 2 N–H and O–H groups in total. The van der Waals surface area contributed by atoms with Gasteiger partial charge in [0.1, 0.15) is 17.3 Å². The highest BCUT2D eigenvalue weighted by molar-refractivity contribution is 6.32. The molecule has 0 radical (unpaired) electrons. The predicted molar refractivity (Wildman–Crippen MR) is 59.7 cm³/mol. The number of carbonyl (C=O) groups excluding carboxylic acids is 1. The Morgan fingerprint density at radius 2 is 2.31 bits per heavy atom. The molecule has 0 amide bonds. The SMILES string of the molecule is O=Cc1c(Cl)ncnc1NC1(CO)CCC1. The third kappa shape index (κ3) is 1.88. The average molecular weight is 242 g/mol. The van der Waals surface area contributed by atoms with Crippen molar-refractivity contribution in [1.82, 2.24) is 9.97 Å². The van der Waals surface area contributed by atoms with Crippen LogP contribution in [-0.2, 0) is 0 Å². The number of rotatable bonds is 4. The Kier molecular flexibility index (Phi) is 3.07. The van der Waals surface area contributed by atoms with E-state index in [1.165, 1.54) is 6.33 Å². The Labute approximate surface area is 97.9 Å². The van der Waals surface area contributed by atoms with Gasteiger partial charge in [0.2, 0.25) is 0 Å². The van der Waals surface area contributed by atoms with Crippen molar-refractivity contribution in [1.29, 1.82) is 0 Å². The van der Waals surface area contributed by atoms with Crippen LogP contribution >= 0.6 is 11.6 Å². The molecule has 1 aromatic rings. The smallest absolute Gasteiger partial charge is 0.156 e. The second kappa shape index (κ2) is 4.35. The summed E-state index contributed by atoms with van der Waals surface area (Å²) in [6, 6.07) is 0. The number of carbonyl (C=O) groups is 1. The number of hydrogen-bond donors (Lipinski definition) is 2. The fourth-order valence-corrected chi connectivity index (χ4v) is 1.93. The summed E-state index contributed by atoms with van der Waals surface area (Å²) in [5.41, 5.74) is -0.112. The van der Waals surface area contributed by atoms with E-state index >= 15 is 0 Å². The molecule has 0 aliphatic heterocycles. The van der Waals surface area contributed by atoms with Crippen LogP contribution in [0.15, 0.2) is 6.33 Å². The lowest BCUT2D eigenvalue weighted by Crippen LogP contribution is -2.48. The van der Waals surface area contributed by atoms with Gasteiger partial charge in [-0.1, -0.05) is 11.6 Å². The lowest BCUT2D eigenvalue weighted by atomic mass is 9.77. The second-order valence-electron chi connectivity index (χ2n) is 3.96. The molecule has 1 aromatic heterocycles. The highest BCUT2D eigenvalue weighted by atomic mass is 35.5. The standard InChI is InChI=1S/C10H12ClN3O2/c11-8-7(4-15)9(13-6-12-8)14-10(5-16)2-1-3-10/h4,6,16H,1-3,5H2,(H,12,13,14). The number of halogens is 1. The van der Waals surface area contributed by atoms with Crippen molar-refractivity contribution < 1.29 is 9.90 Å². The van der Waals surface area contributed by atoms with E-state index in [1.54, 1.807) is 0 Å². The van der Waals surface area contributed by atoms with Crippen molar-refractivity contribution in [3.05, 3.63) is 17.0 Å². The van der Waals surface area contributed by atoms with E-state index < -0.39 is 0 Å². The molecule has 0 saturated heterocycles. The maximum atomic E-state index is 10.9. The zero-order valence-corrected chi connectivity index (χ0v) is 9.37. The van der Waals surface area contributed by atoms with Gasteiger partial charge in [0.15, 0.2) is 6.29 Å². The van der Waals surface area contributed by atoms with Crippen LogP contribution in [0, 0.1) is 0 Å². The first-order valence-corrected chi connectivity index (χ1v) is 5.43. The minimum atomic E-state index is -0.352. The van der Waals surface area contributed by atoms with Gasteiger partial charge < -0.3 is 10.4 Å². The first kappa shape index (κ1) is 11.3. The molecule has 0 atom stereocenters. The summed E-state index contributed by atoms with van der Waals surface area (Å²) in [4.78, 5) is 18.6. The molecule has 0 bridgehead atoms. The van der Waals surface area contributed by atoms with Crippen LogP contribution in [0.25, 0.3) is 0 Å². The third-order valence-electron chi connectivity index (χ3n) is 2.95. The topological polar surface area (TPSA) is 75.1 Å². The summed E-state index contributed by atoms with van der Waals surface area (Å²) in [6.07, 6.45) is 4.70. The number of aliphatic hydroxyl groups is 1. The molecular weight excluding hydrogens is 230 g/mol. The Morgan fingerprint density at radius 3 is 2.81 bits per heavy atom. The van der Waals surface area contributed by atoms with E-state index in [2.05, 4.69) is 15.3 Å². The van der Waals surface area contributed by atoms with Crippen LogP contribution in [0.5, 0.6) is 0 Å². The van der Waals surface area contributed by atoms with Crippen LogP contribution in [0.3, 0.4) is 0 Å². The number of aldehydes is 1. The summed E-state index contributed by atoms with van der Waals surface area (Å²) >= 11 is 5.78. The highest BCUT2D eigenvalue weighted by Crippen LogP contribution is 2.35. The van der Waals surface area contributed by atoms with Crippen LogP contribution in [0.2, 0.25) is 5.15 Å². The molecule has 5 nitrogen and oxygen atoms in total. The predicted octanol–water partition coefficient (Wildman–Crippen LogP) is 1.27. The van der Waals surface area contributed by atoms with Crippen LogP contribution < -0.4 is 5.32 Å². The van der Waals surface area contributed by atoms with Gasteiger partial charge in [0, 0.05) is 0 Å². The van der Waals surface area contributed by atoms with Crippen LogP contribution in [0.4, 0.5) is 5.82 Å². The van der Waals surface area contributed by atoms with Gasteiger partial charge in [0.25, 0.3) is 0 Å². The van der Waals surface area contributed by atoms with E-state index in [9.17, 15) is 9.90 Å². The average Bonchev–Trinajstić information content (AvgIpc) is 2.23. The Hall–Kier alpha value is -1.20. The van der Waals surface area contributed by atoms with E-state index in [-0.39, 0.29) is 22.9 Å². The van der Waals surface area contributed by atoms with Gasteiger partial charge >= 0.3 is 0 Å². The number of hydrogen-bond acceptors (Lipinski definition) is 5. The van der Waals surface area contributed by atoms with Gasteiger partial charge in [-0.3, -0.25) is 4.79 Å². The zero-order valence-electron chi connectivity index (χ0n) is 8.61. The molecule has 16 heavy (non-hydrogen) atoms. The van der Waals surface area contributed by atoms with Crippen molar-refractivity contribution in [2.24, 2.45) is 0 Å². The minimum Gasteiger partial charge on any atom is -0.394 e. The summed E-state index contributed by atoms with van der Waals surface area (Å²) < 4.78 is 0. The number of nitrogens with zero attached hydrogens (tertiary/aromatic N) is 2. The van der Waals surface area contributed by atoms with Crippen LogP contribution in [0.1, 0.15) is 29.6 Å². The van der Waals surface area contributed by atoms with Gasteiger partial charge in [-0.05, 0) is 19.3 Å². The van der Waals surface area contributed by atoms with E-state index in [0.29, 0.717) is 12.1 Å². The van der Waals surface area contributed by atoms with Crippen molar-refractivity contribution in [3.8, 4) is 0 Å². The Balaban J connectivity index is 2.27. The van der Waals surface area contributed by atoms with Crippen molar-refractivity contribution in [3.63, 3.8) is 0 Å². The minimum absolute atomic E-state index is 0.0208. The van der Waals surface area contributed by atoms with Crippen LogP contribution in [-0.4, -0.2) is 33.5 Å². The summed E-state index contributed by atoms with van der Waals surface area (Å²) in [6.45, 7) is 0.0208. The molecule has 0 spiro atoms. The maximum absolute atomic E-state index is 10.9. The molecular formula is C10H12ClN3O2. The number of nitrogens with one attached hydrogen (secondary N) is 1. The number of aromatic nitrogens is 2. The molecule has 86 valence electrons.